The van der Waals surface area contributed by atoms with Crippen molar-refractivity contribution in [2.45, 2.75) is 6.18 Å². The number of rotatable bonds is 1. The predicted molar refractivity (Wildman–Crippen MR) is 64.5 cm³/mol. The molecule has 0 N–H and O–H groups in total. The third kappa shape index (κ3) is 2.73. The van der Waals surface area contributed by atoms with E-state index in [0.29, 0.717) is 10.9 Å². The average molecular weight is 318 g/mol. The number of hydrogen-bond acceptors (Lipinski definition) is 3. The molecule has 108 valence electrons. The van der Waals surface area contributed by atoms with E-state index in [9.17, 15) is 22.4 Å². The van der Waals surface area contributed by atoms with Gasteiger partial charge in [0.25, 0.3) is 5.56 Å². The fourth-order valence-corrected chi connectivity index (χ4v) is 1.76. The van der Waals surface area contributed by atoms with Gasteiger partial charge in [-0.2, -0.15) is 28.2 Å². The lowest BCUT2D eigenvalue weighted by atomic mass is 10.1. The van der Waals surface area contributed by atoms with Crippen molar-refractivity contribution in [1.82, 2.24) is 9.78 Å². The van der Waals surface area contributed by atoms with Crippen LogP contribution < -0.4 is 5.56 Å². The second kappa shape index (κ2) is 5.18. The van der Waals surface area contributed by atoms with Gasteiger partial charge >= 0.3 is 6.18 Å². The van der Waals surface area contributed by atoms with E-state index >= 15 is 0 Å². The van der Waals surface area contributed by atoms with Crippen LogP contribution in [-0.2, 0) is 6.18 Å². The highest BCUT2D eigenvalue weighted by Crippen LogP contribution is 2.30. The van der Waals surface area contributed by atoms with E-state index in [1.807, 2.05) is 0 Å². The Morgan fingerprint density at radius 2 is 2.00 bits per heavy atom. The molecular formula is C12H4ClF4N3O. The molecule has 0 atom stereocenters. The number of alkyl halides is 3. The van der Waals surface area contributed by atoms with Crippen molar-refractivity contribution in [2.24, 2.45) is 0 Å². The summed E-state index contributed by atoms with van der Waals surface area (Å²) < 4.78 is 52.0. The minimum atomic E-state index is -4.91. The second-order valence-electron chi connectivity index (χ2n) is 3.86. The smallest absolute Gasteiger partial charge is 0.266 e. The van der Waals surface area contributed by atoms with Gasteiger partial charge in [0.1, 0.15) is 23.1 Å². The van der Waals surface area contributed by atoms with Crippen LogP contribution in [0.3, 0.4) is 0 Å². The van der Waals surface area contributed by atoms with E-state index in [1.54, 1.807) is 0 Å². The van der Waals surface area contributed by atoms with Gasteiger partial charge in [0.2, 0.25) is 0 Å². The zero-order chi connectivity index (χ0) is 15.8. The van der Waals surface area contributed by atoms with Crippen molar-refractivity contribution in [1.29, 1.82) is 5.26 Å². The van der Waals surface area contributed by atoms with E-state index in [-0.39, 0.29) is 5.02 Å². The van der Waals surface area contributed by atoms with Crippen LogP contribution in [-0.4, -0.2) is 9.78 Å². The van der Waals surface area contributed by atoms with Crippen LogP contribution in [0.1, 0.15) is 11.1 Å². The van der Waals surface area contributed by atoms with Crippen LogP contribution in [0.2, 0.25) is 5.02 Å². The normalized spacial score (nSPS) is 11.2. The highest BCUT2D eigenvalue weighted by Gasteiger charge is 2.36. The number of benzene rings is 1. The maximum absolute atomic E-state index is 13.7. The highest BCUT2D eigenvalue weighted by atomic mass is 35.5. The van der Waals surface area contributed by atoms with Crippen molar-refractivity contribution < 1.29 is 17.6 Å². The highest BCUT2D eigenvalue weighted by molar-refractivity contribution is 6.30. The topological polar surface area (TPSA) is 58.7 Å². The molecule has 0 bridgehead atoms. The fraction of sp³-hybridized carbons (Fsp3) is 0.0833. The number of nitriles is 1. The molecule has 0 spiro atoms. The number of nitrogens with zero attached hydrogens (tertiary/aromatic N) is 3. The molecule has 0 saturated carbocycles. The minimum Gasteiger partial charge on any atom is -0.266 e. The molecule has 0 aliphatic rings. The zero-order valence-electron chi connectivity index (χ0n) is 9.95. The summed E-state index contributed by atoms with van der Waals surface area (Å²) in [6.45, 7) is 0. The SMILES string of the molecule is N#Cc1c(C(F)(F)F)cnn(-c2ccc(Cl)cc2F)c1=O. The first-order valence-corrected chi connectivity index (χ1v) is 5.68. The number of aromatic nitrogens is 2. The molecule has 1 aromatic heterocycles. The third-order valence-corrected chi connectivity index (χ3v) is 2.77. The summed E-state index contributed by atoms with van der Waals surface area (Å²) in [6, 6.07) is 4.34. The summed E-state index contributed by atoms with van der Waals surface area (Å²) in [4.78, 5) is 11.9. The van der Waals surface area contributed by atoms with Gasteiger partial charge in [0.05, 0.1) is 11.8 Å². The van der Waals surface area contributed by atoms with Gasteiger partial charge < -0.3 is 0 Å². The molecule has 0 radical (unpaired) electrons. The van der Waals surface area contributed by atoms with Crippen LogP contribution >= 0.6 is 11.6 Å². The average Bonchev–Trinajstić information content (AvgIpc) is 2.38. The van der Waals surface area contributed by atoms with Gasteiger partial charge in [0, 0.05) is 5.02 Å². The maximum atomic E-state index is 13.7. The number of halogens is 5. The first kappa shape index (κ1) is 15.0. The Bertz CT molecular complexity index is 808. The summed E-state index contributed by atoms with van der Waals surface area (Å²) in [6.07, 6.45) is -4.61. The molecule has 2 aromatic rings. The third-order valence-electron chi connectivity index (χ3n) is 2.53. The molecule has 2 rings (SSSR count). The molecule has 0 amide bonds. The van der Waals surface area contributed by atoms with E-state index in [2.05, 4.69) is 5.10 Å². The van der Waals surface area contributed by atoms with Crippen LogP contribution in [0.4, 0.5) is 17.6 Å². The first-order chi connectivity index (χ1) is 9.75. The molecule has 0 saturated heterocycles. The van der Waals surface area contributed by atoms with E-state index in [1.165, 1.54) is 12.1 Å². The van der Waals surface area contributed by atoms with Crippen LogP contribution in [0, 0.1) is 17.1 Å². The minimum absolute atomic E-state index is 0.0386. The van der Waals surface area contributed by atoms with Gasteiger partial charge in [-0.05, 0) is 18.2 Å². The Morgan fingerprint density at radius 3 is 2.52 bits per heavy atom. The van der Waals surface area contributed by atoms with Gasteiger partial charge in [0.15, 0.2) is 0 Å². The van der Waals surface area contributed by atoms with Gasteiger partial charge in [-0.15, -0.1) is 0 Å². The van der Waals surface area contributed by atoms with Crippen molar-refractivity contribution in [3.63, 3.8) is 0 Å². The summed E-state index contributed by atoms with van der Waals surface area (Å²) in [7, 11) is 0. The van der Waals surface area contributed by atoms with E-state index in [0.717, 1.165) is 12.1 Å². The summed E-state index contributed by atoms with van der Waals surface area (Å²) >= 11 is 5.54. The monoisotopic (exact) mass is 317 g/mol. The molecular weight excluding hydrogens is 314 g/mol. The Kier molecular flexibility index (Phi) is 3.70. The Balaban J connectivity index is 2.74. The lowest BCUT2D eigenvalue weighted by Gasteiger charge is -2.11. The Hall–Kier alpha value is -2.40. The number of hydrogen-bond donors (Lipinski definition) is 0. The van der Waals surface area contributed by atoms with Crippen molar-refractivity contribution in [3.8, 4) is 11.8 Å². The zero-order valence-corrected chi connectivity index (χ0v) is 10.7. The first-order valence-electron chi connectivity index (χ1n) is 5.30. The van der Waals surface area contributed by atoms with E-state index < -0.39 is 34.4 Å². The summed E-state index contributed by atoms with van der Waals surface area (Å²) in [5.74, 6) is -0.958. The van der Waals surface area contributed by atoms with Crippen LogP contribution in [0.5, 0.6) is 0 Å². The van der Waals surface area contributed by atoms with Crippen molar-refractivity contribution in [3.05, 3.63) is 56.7 Å². The second-order valence-corrected chi connectivity index (χ2v) is 4.29. The molecule has 0 aliphatic carbocycles. The van der Waals surface area contributed by atoms with Gasteiger partial charge in [-0.1, -0.05) is 11.6 Å². The Morgan fingerprint density at radius 1 is 1.33 bits per heavy atom. The van der Waals surface area contributed by atoms with Crippen molar-refractivity contribution in [2.75, 3.05) is 0 Å². The lowest BCUT2D eigenvalue weighted by molar-refractivity contribution is -0.138. The van der Waals surface area contributed by atoms with Crippen LogP contribution in [0.25, 0.3) is 5.69 Å². The molecule has 1 heterocycles. The van der Waals surface area contributed by atoms with Gasteiger partial charge in [-0.25, -0.2) is 4.39 Å². The Labute approximate surface area is 119 Å². The standard InChI is InChI=1S/C12H4ClF4N3O/c13-6-1-2-10(9(14)3-6)20-11(21)7(4-18)8(5-19-20)12(15,16)17/h1-3,5H. The molecule has 21 heavy (non-hydrogen) atoms. The predicted octanol–water partition coefficient (Wildman–Crippen LogP) is 2.92. The molecule has 9 heteroatoms. The largest absolute Gasteiger partial charge is 0.419 e. The lowest BCUT2D eigenvalue weighted by Crippen LogP contribution is -2.28. The van der Waals surface area contributed by atoms with Gasteiger partial charge in [-0.3, -0.25) is 4.79 Å². The van der Waals surface area contributed by atoms with E-state index in [4.69, 9.17) is 16.9 Å². The molecule has 0 aliphatic heterocycles. The summed E-state index contributed by atoms with van der Waals surface area (Å²) in [5, 5.41) is 12.0. The molecule has 0 unspecified atom stereocenters. The fourth-order valence-electron chi connectivity index (χ4n) is 1.60. The molecule has 4 nitrogen and oxygen atoms in total. The quantitative estimate of drug-likeness (QED) is 0.760. The maximum Gasteiger partial charge on any atom is 0.419 e. The summed E-state index contributed by atoms with van der Waals surface area (Å²) in [5.41, 5.74) is -4.41. The van der Waals surface area contributed by atoms with Crippen LogP contribution in [0.15, 0.2) is 29.2 Å². The van der Waals surface area contributed by atoms with Crippen molar-refractivity contribution >= 4 is 11.6 Å². The molecule has 0 fully saturated rings. The molecule has 1 aromatic carbocycles.